The van der Waals surface area contributed by atoms with E-state index in [0.29, 0.717) is 11.5 Å². The van der Waals surface area contributed by atoms with E-state index in [-0.39, 0.29) is 54.6 Å². The molecule has 10 aromatic rings. The molecule has 0 saturated carbocycles. The Bertz CT molecular complexity index is 3940. The number of hydrogen-bond donors (Lipinski definition) is 0. The van der Waals surface area contributed by atoms with Gasteiger partial charge in [0.1, 0.15) is 5.82 Å². The zero-order chi connectivity index (χ0) is 57.2. The van der Waals surface area contributed by atoms with Crippen LogP contribution in [0.4, 0.5) is 11.4 Å². The molecule has 3 heterocycles. The molecule has 6 heteroatoms. The number of nitrogens with zero attached hydrogens (tertiary/aromatic N) is 4. The van der Waals surface area contributed by atoms with Gasteiger partial charge in [0, 0.05) is 66.5 Å². The molecule has 0 spiro atoms. The van der Waals surface area contributed by atoms with Crippen molar-refractivity contribution in [3.05, 3.63) is 263 Å². The minimum atomic E-state index is -0.251. The van der Waals surface area contributed by atoms with Crippen molar-refractivity contribution in [3.63, 3.8) is 0 Å². The fourth-order valence-electron chi connectivity index (χ4n) is 11.6. The zero-order valence-corrected chi connectivity index (χ0v) is 52.5. The third kappa shape index (κ3) is 11.1. The second kappa shape index (κ2) is 22.4. The van der Waals surface area contributed by atoms with Crippen molar-refractivity contribution >= 4 is 38.9 Å². The molecule has 0 atom stereocenters. The van der Waals surface area contributed by atoms with E-state index in [1.54, 1.807) is 0 Å². The van der Waals surface area contributed by atoms with Crippen LogP contribution in [0, 0.1) is 18.8 Å². The molecule has 0 N–H and O–H groups in total. The van der Waals surface area contributed by atoms with Gasteiger partial charge in [0.2, 0.25) is 0 Å². The maximum Gasteiger partial charge on any atom is 0.135 e. The Kier molecular flexibility index (Phi) is 15.8. The molecule has 0 radical (unpaired) electrons. The van der Waals surface area contributed by atoms with E-state index >= 15 is 0 Å². The van der Waals surface area contributed by atoms with Crippen LogP contribution in [0.15, 0.2) is 194 Å². The van der Waals surface area contributed by atoms with Crippen LogP contribution in [0.3, 0.4) is 0 Å². The van der Waals surface area contributed by atoms with Gasteiger partial charge in [-0.2, -0.15) is 6.07 Å². The van der Waals surface area contributed by atoms with E-state index < -0.39 is 0 Å². The van der Waals surface area contributed by atoms with Crippen LogP contribution in [0.1, 0.15) is 159 Å². The predicted octanol–water partition coefficient (Wildman–Crippen LogP) is 20.2. The Morgan fingerprint density at radius 3 is 1.70 bits per heavy atom. The molecule has 0 aliphatic carbocycles. The molecule has 0 unspecified atom stereocenters. The van der Waals surface area contributed by atoms with Gasteiger partial charge in [0.15, 0.2) is 0 Å². The van der Waals surface area contributed by atoms with Crippen molar-refractivity contribution in [1.29, 1.82) is 0 Å². The standard InChI is InChI=1S/C76H77N4O.Pt/c1-50(2)64-31-24-32-65(51(3)4)72(64)53-39-61(79-49-78(48-70(79)52-25-18-15-19-26-52)60-42-58(74(8,9)10)41-59(43-60)76(13,14)55-29-22-17-23-30-55)46-63(40-53)81-62-34-35-66-67-44-57(75(11,12)54-27-20-16-21-28-54)33-36-68(67)80(69(66)47-62)71-45-56(37-38-77-71)73(5,6)7;/h15-45,48-51H,1-14H3;/q-3;. The monoisotopic (exact) mass is 1260 g/mol. The topological polar surface area (TPSA) is 33.5 Å². The SMILES string of the molecule is CC(C)c1cccc(C(C)C)c1-c1cc(Oc2[c-]c3c(cc2)c2cc(C(C)(C)c4ccccc4)ccc2n3-c2cc(C(C)(C)C)ccn2)[c-]c(N2[CH-]N(c3cc(C(C)(C)C)cc(C(C)(C)c4ccccc4)c3)C=C2c2ccccc2)c1.[Pt]. The van der Waals surface area contributed by atoms with Crippen molar-refractivity contribution in [3.8, 4) is 28.4 Å². The second-order valence-corrected chi connectivity index (χ2v) is 25.9. The van der Waals surface area contributed by atoms with Crippen LogP contribution in [-0.2, 0) is 42.7 Å². The quantitative estimate of drug-likeness (QED) is 0.108. The van der Waals surface area contributed by atoms with Crippen LogP contribution in [0.5, 0.6) is 11.5 Å². The molecular weight excluding hydrogens is 1180 g/mol. The third-order valence-electron chi connectivity index (χ3n) is 16.8. The molecule has 82 heavy (non-hydrogen) atoms. The van der Waals surface area contributed by atoms with E-state index in [1.165, 1.54) is 50.1 Å². The summed E-state index contributed by atoms with van der Waals surface area (Å²) in [5.74, 6) is 2.56. The third-order valence-corrected chi connectivity index (χ3v) is 16.8. The maximum atomic E-state index is 7.23. The van der Waals surface area contributed by atoms with Gasteiger partial charge in [-0.3, -0.25) is 0 Å². The average Bonchev–Trinajstić information content (AvgIpc) is 2.71. The number of hydrogen-bond acceptors (Lipinski definition) is 4. The van der Waals surface area contributed by atoms with Gasteiger partial charge in [-0.1, -0.05) is 230 Å². The Labute approximate surface area is 503 Å². The van der Waals surface area contributed by atoms with Crippen molar-refractivity contribution in [2.24, 2.45) is 0 Å². The van der Waals surface area contributed by atoms with Crippen molar-refractivity contribution < 1.29 is 25.8 Å². The maximum absolute atomic E-state index is 7.23. The summed E-state index contributed by atoms with van der Waals surface area (Å²) in [5, 5.41) is 2.21. The number of ether oxygens (including phenoxy) is 1. The van der Waals surface area contributed by atoms with E-state index in [2.05, 4.69) is 318 Å². The molecule has 2 aromatic heterocycles. The van der Waals surface area contributed by atoms with Crippen LogP contribution in [-0.4, -0.2) is 9.55 Å². The molecule has 1 aliphatic heterocycles. The molecule has 0 saturated heterocycles. The Balaban J connectivity index is 0.00000753. The summed E-state index contributed by atoms with van der Waals surface area (Å²) < 4.78 is 9.49. The molecule has 8 aromatic carbocycles. The summed E-state index contributed by atoms with van der Waals surface area (Å²) in [5.41, 5.74) is 17.7. The molecule has 11 rings (SSSR count). The summed E-state index contributed by atoms with van der Waals surface area (Å²) in [6.45, 7) is 34.3. The van der Waals surface area contributed by atoms with Gasteiger partial charge in [0.05, 0.1) is 0 Å². The summed E-state index contributed by atoms with van der Waals surface area (Å²) in [6.07, 6.45) is 4.21. The van der Waals surface area contributed by atoms with E-state index in [0.717, 1.165) is 55.8 Å². The first-order chi connectivity index (χ1) is 38.6. The average molecular weight is 1260 g/mol. The number of rotatable bonds is 13. The number of fused-ring (bicyclic) bond motifs is 3. The second-order valence-electron chi connectivity index (χ2n) is 25.9. The fourth-order valence-corrected chi connectivity index (χ4v) is 11.6. The molecular formula is C76H77N4OPt-3. The smallest absolute Gasteiger partial charge is 0.135 e. The Morgan fingerprint density at radius 1 is 0.488 bits per heavy atom. The zero-order valence-electron chi connectivity index (χ0n) is 50.2. The van der Waals surface area contributed by atoms with Gasteiger partial charge < -0.3 is 19.1 Å². The number of aromatic nitrogens is 2. The molecule has 420 valence electrons. The fraction of sp³-hybridized carbons (Fsp3) is 0.263. The number of anilines is 2. The molecule has 1 aliphatic rings. The van der Waals surface area contributed by atoms with Gasteiger partial charge >= 0.3 is 0 Å². The summed E-state index contributed by atoms with van der Waals surface area (Å²) in [6, 6.07) is 74.0. The van der Waals surface area contributed by atoms with E-state index in [1.807, 2.05) is 6.20 Å². The molecule has 0 amide bonds. The normalized spacial score (nSPS) is 13.3. The summed E-state index contributed by atoms with van der Waals surface area (Å²) in [7, 11) is 0. The number of benzene rings is 8. The van der Waals surface area contributed by atoms with Gasteiger partial charge in [-0.05, 0) is 120 Å². The number of pyridine rings is 1. The van der Waals surface area contributed by atoms with Crippen molar-refractivity contribution in [1.82, 2.24) is 9.55 Å². The first-order valence-electron chi connectivity index (χ1n) is 28.9. The first kappa shape index (κ1) is 57.8. The summed E-state index contributed by atoms with van der Waals surface area (Å²) >= 11 is 0. The van der Waals surface area contributed by atoms with Crippen LogP contribution in [0.2, 0.25) is 0 Å². The van der Waals surface area contributed by atoms with Gasteiger partial charge in [-0.25, -0.2) is 4.98 Å². The summed E-state index contributed by atoms with van der Waals surface area (Å²) in [4.78, 5) is 9.64. The Hall–Kier alpha value is -7.46. The largest absolute Gasteiger partial charge is 0.509 e. The first-order valence-corrected chi connectivity index (χ1v) is 28.9. The minimum absolute atomic E-state index is 0. The minimum Gasteiger partial charge on any atom is -0.509 e. The molecule has 0 bridgehead atoms. The predicted molar refractivity (Wildman–Crippen MR) is 341 cm³/mol. The van der Waals surface area contributed by atoms with E-state index in [4.69, 9.17) is 9.72 Å². The Morgan fingerprint density at radius 2 is 1.09 bits per heavy atom. The van der Waals surface area contributed by atoms with Crippen LogP contribution < -0.4 is 14.5 Å². The van der Waals surface area contributed by atoms with Crippen molar-refractivity contribution in [2.75, 3.05) is 9.80 Å². The van der Waals surface area contributed by atoms with Crippen molar-refractivity contribution in [2.45, 2.75) is 130 Å². The molecule has 0 fully saturated rings. The van der Waals surface area contributed by atoms with E-state index in [9.17, 15) is 0 Å². The van der Waals surface area contributed by atoms with Gasteiger partial charge in [0.25, 0.3) is 0 Å². The molecule has 5 nitrogen and oxygen atoms in total. The van der Waals surface area contributed by atoms with Crippen LogP contribution >= 0.6 is 0 Å². The van der Waals surface area contributed by atoms with Gasteiger partial charge in [-0.15, -0.1) is 53.6 Å². The van der Waals surface area contributed by atoms with Crippen LogP contribution in [0.25, 0.3) is 44.4 Å².